The minimum Gasteiger partial charge on any atom is -0.356 e. The predicted molar refractivity (Wildman–Crippen MR) is 96.9 cm³/mol. The number of hydrogen-bond acceptors (Lipinski definition) is 5. The average Bonchev–Trinajstić information content (AvgIpc) is 2.65. The van der Waals surface area contributed by atoms with E-state index in [9.17, 15) is 18.8 Å². The van der Waals surface area contributed by atoms with Crippen LogP contribution in [0.5, 0.6) is 0 Å². The molecule has 0 atom stereocenters. The predicted octanol–water partition coefficient (Wildman–Crippen LogP) is 1.49. The summed E-state index contributed by atoms with van der Waals surface area (Å²) in [4.78, 5) is 35.7. The normalized spacial score (nSPS) is 10.7. The maximum Gasteiger partial charge on any atom is 0.278 e. The molecule has 0 unspecified atom stereocenters. The summed E-state index contributed by atoms with van der Waals surface area (Å²) in [5.74, 6) is -1.18. The van der Waals surface area contributed by atoms with Crippen molar-refractivity contribution in [3.63, 3.8) is 0 Å². The van der Waals surface area contributed by atoms with E-state index in [0.717, 1.165) is 10.7 Å². The number of hydrogen-bond donors (Lipinski definition) is 1. The van der Waals surface area contributed by atoms with Crippen molar-refractivity contribution in [2.24, 2.45) is 0 Å². The van der Waals surface area contributed by atoms with Gasteiger partial charge in [0.1, 0.15) is 17.9 Å². The van der Waals surface area contributed by atoms with Crippen LogP contribution < -0.4 is 10.9 Å². The summed E-state index contributed by atoms with van der Waals surface area (Å²) in [5.41, 5.74) is 0.544. The van der Waals surface area contributed by atoms with Crippen LogP contribution in [-0.2, 0) is 17.8 Å². The van der Waals surface area contributed by atoms with E-state index in [1.807, 2.05) is 0 Å². The largest absolute Gasteiger partial charge is 0.356 e. The number of aromatic nitrogens is 3. The van der Waals surface area contributed by atoms with Gasteiger partial charge < -0.3 is 5.32 Å². The summed E-state index contributed by atoms with van der Waals surface area (Å²) in [6, 6.07) is 10.8. The van der Waals surface area contributed by atoms with E-state index in [4.69, 9.17) is 0 Å². The van der Waals surface area contributed by atoms with Gasteiger partial charge in [0.05, 0.1) is 5.39 Å². The summed E-state index contributed by atoms with van der Waals surface area (Å²) in [5, 5.41) is 10.6. The molecule has 3 rings (SSSR count). The molecule has 0 aliphatic rings. The Morgan fingerprint density at radius 3 is 2.70 bits per heavy atom. The summed E-state index contributed by atoms with van der Waals surface area (Å²) >= 11 is 0. The molecule has 0 radical (unpaired) electrons. The molecule has 27 heavy (non-hydrogen) atoms. The molecule has 1 heterocycles. The van der Waals surface area contributed by atoms with Crippen LogP contribution >= 0.6 is 0 Å². The SMILES string of the molecule is CC(=O)NCCc1ccc(C(=O)Cn2nnc3ccccc3c2=O)cc1F. The molecule has 1 aromatic heterocycles. The molecule has 3 aromatic rings. The van der Waals surface area contributed by atoms with Gasteiger partial charge in [0.2, 0.25) is 5.91 Å². The van der Waals surface area contributed by atoms with E-state index in [0.29, 0.717) is 29.4 Å². The number of rotatable bonds is 6. The Morgan fingerprint density at radius 2 is 1.96 bits per heavy atom. The molecule has 8 heteroatoms. The Kier molecular flexibility index (Phi) is 5.35. The zero-order valence-electron chi connectivity index (χ0n) is 14.6. The van der Waals surface area contributed by atoms with Gasteiger partial charge in [-0.15, -0.1) is 5.10 Å². The molecule has 138 valence electrons. The van der Waals surface area contributed by atoms with Crippen LogP contribution in [0.1, 0.15) is 22.8 Å². The molecule has 0 saturated heterocycles. The fourth-order valence-corrected chi connectivity index (χ4v) is 2.65. The lowest BCUT2D eigenvalue weighted by atomic mass is 10.1. The Hall–Kier alpha value is -3.42. The van der Waals surface area contributed by atoms with E-state index >= 15 is 0 Å². The van der Waals surface area contributed by atoms with Crippen molar-refractivity contribution < 1.29 is 14.0 Å². The Morgan fingerprint density at radius 1 is 1.19 bits per heavy atom. The monoisotopic (exact) mass is 368 g/mol. The molecule has 1 N–H and O–H groups in total. The van der Waals surface area contributed by atoms with Gasteiger partial charge in [-0.3, -0.25) is 14.4 Å². The third-order valence-corrected chi connectivity index (χ3v) is 4.07. The third kappa shape index (κ3) is 4.22. The van der Waals surface area contributed by atoms with Gasteiger partial charge in [-0.2, -0.15) is 0 Å². The summed E-state index contributed by atoms with van der Waals surface area (Å²) < 4.78 is 15.2. The van der Waals surface area contributed by atoms with E-state index < -0.39 is 17.2 Å². The molecular formula is C19H17FN4O3. The first-order valence-corrected chi connectivity index (χ1v) is 8.34. The third-order valence-electron chi connectivity index (χ3n) is 4.07. The molecule has 0 fully saturated rings. The van der Waals surface area contributed by atoms with Crippen LogP contribution in [0.15, 0.2) is 47.3 Å². The summed E-state index contributed by atoms with van der Waals surface area (Å²) in [6.07, 6.45) is 0.315. The van der Waals surface area contributed by atoms with E-state index in [1.54, 1.807) is 24.3 Å². The van der Waals surface area contributed by atoms with Crippen LogP contribution in [-0.4, -0.2) is 33.2 Å². The second-order valence-corrected chi connectivity index (χ2v) is 6.03. The van der Waals surface area contributed by atoms with Crippen molar-refractivity contribution in [2.75, 3.05) is 6.54 Å². The second kappa shape index (κ2) is 7.86. The number of amides is 1. The molecule has 0 saturated carbocycles. The lowest BCUT2D eigenvalue weighted by Gasteiger charge is -2.07. The zero-order chi connectivity index (χ0) is 19.4. The van der Waals surface area contributed by atoms with Gasteiger partial charge in [-0.05, 0) is 30.2 Å². The number of nitrogens with one attached hydrogen (secondary N) is 1. The number of carbonyl (C=O) groups excluding carboxylic acids is 2. The lowest BCUT2D eigenvalue weighted by Crippen LogP contribution is -2.28. The average molecular weight is 368 g/mol. The number of halogens is 1. The molecule has 0 aliphatic carbocycles. The highest BCUT2D eigenvalue weighted by Gasteiger charge is 2.13. The van der Waals surface area contributed by atoms with Crippen molar-refractivity contribution in [3.8, 4) is 0 Å². The zero-order valence-corrected chi connectivity index (χ0v) is 14.6. The molecule has 1 amide bonds. The topological polar surface area (TPSA) is 93.9 Å². The van der Waals surface area contributed by atoms with Gasteiger partial charge in [0.15, 0.2) is 5.78 Å². The molecule has 2 aromatic carbocycles. The molecule has 0 spiro atoms. The molecule has 0 bridgehead atoms. The maximum atomic E-state index is 14.2. The van der Waals surface area contributed by atoms with Crippen LogP contribution in [0.4, 0.5) is 4.39 Å². The lowest BCUT2D eigenvalue weighted by molar-refractivity contribution is -0.118. The Balaban J connectivity index is 1.76. The smallest absolute Gasteiger partial charge is 0.278 e. The van der Waals surface area contributed by atoms with Crippen LogP contribution in [0.2, 0.25) is 0 Å². The molecule has 0 aliphatic heterocycles. The number of fused-ring (bicyclic) bond motifs is 1. The van der Waals surface area contributed by atoms with Gasteiger partial charge in [-0.25, -0.2) is 9.07 Å². The van der Waals surface area contributed by atoms with E-state index in [1.165, 1.54) is 19.1 Å². The highest BCUT2D eigenvalue weighted by atomic mass is 19.1. The number of benzene rings is 2. The van der Waals surface area contributed by atoms with Crippen molar-refractivity contribution in [1.82, 2.24) is 20.3 Å². The molecule has 7 nitrogen and oxygen atoms in total. The van der Waals surface area contributed by atoms with Crippen molar-refractivity contribution in [3.05, 3.63) is 69.8 Å². The van der Waals surface area contributed by atoms with Crippen molar-refractivity contribution in [1.29, 1.82) is 0 Å². The standard InChI is InChI=1S/C19H17FN4O3/c1-12(25)21-9-8-13-6-7-14(10-16(13)20)18(26)11-24-19(27)15-4-2-3-5-17(15)22-23-24/h2-7,10H,8-9,11H2,1H3,(H,21,25). The van der Waals surface area contributed by atoms with Gasteiger partial charge >= 0.3 is 0 Å². The fourth-order valence-electron chi connectivity index (χ4n) is 2.65. The fraction of sp³-hybridized carbons (Fsp3) is 0.211. The summed E-state index contributed by atoms with van der Waals surface area (Å²) in [7, 11) is 0. The number of ketones is 1. The number of Topliss-reactive ketones (excluding diaryl/α,β-unsaturated/α-hetero) is 1. The highest BCUT2D eigenvalue weighted by molar-refractivity contribution is 5.96. The first kappa shape index (κ1) is 18.4. The van der Waals surface area contributed by atoms with Gasteiger partial charge in [-0.1, -0.05) is 29.5 Å². The Labute approximate surface area is 153 Å². The minimum absolute atomic E-state index is 0.137. The van der Waals surface area contributed by atoms with Crippen molar-refractivity contribution >= 4 is 22.6 Å². The Bertz CT molecular complexity index is 1080. The molecular weight excluding hydrogens is 351 g/mol. The minimum atomic E-state index is -0.539. The maximum absolute atomic E-state index is 14.2. The number of carbonyl (C=O) groups is 2. The summed E-state index contributed by atoms with van der Waals surface area (Å²) in [6.45, 7) is 1.36. The van der Waals surface area contributed by atoms with Crippen LogP contribution in [0.25, 0.3) is 10.9 Å². The number of nitrogens with zero attached hydrogens (tertiary/aromatic N) is 3. The van der Waals surface area contributed by atoms with Crippen molar-refractivity contribution in [2.45, 2.75) is 19.9 Å². The quantitative estimate of drug-likeness (QED) is 0.666. The van der Waals surface area contributed by atoms with Gasteiger partial charge in [0.25, 0.3) is 5.56 Å². The van der Waals surface area contributed by atoms with Crippen LogP contribution in [0.3, 0.4) is 0 Å². The second-order valence-electron chi connectivity index (χ2n) is 6.03. The first-order chi connectivity index (χ1) is 13.0. The highest BCUT2D eigenvalue weighted by Crippen LogP contribution is 2.12. The van der Waals surface area contributed by atoms with Gasteiger partial charge in [0, 0.05) is 19.0 Å². The van der Waals surface area contributed by atoms with E-state index in [-0.39, 0.29) is 18.0 Å². The first-order valence-electron chi connectivity index (χ1n) is 8.34. The van der Waals surface area contributed by atoms with E-state index in [2.05, 4.69) is 15.6 Å². The van der Waals surface area contributed by atoms with Crippen LogP contribution in [0, 0.1) is 5.82 Å².